The van der Waals surface area contributed by atoms with E-state index in [1.54, 1.807) is 11.0 Å². The molecule has 6 heteroatoms. The molecular formula is C24H25NO5. The van der Waals surface area contributed by atoms with Gasteiger partial charge in [0.05, 0.1) is 6.04 Å². The highest BCUT2D eigenvalue weighted by atomic mass is 16.7. The highest BCUT2D eigenvalue weighted by molar-refractivity contribution is 5.96. The first-order valence-electron chi connectivity index (χ1n) is 10.0. The van der Waals surface area contributed by atoms with Crippen LogP contribution >= 0.6 is 0 Å². The summed E-state index contributed by atoms with van der Waals surface area (Å²) in [4.78, 5) is 28.3. The summed E-state index contributed by atoms with van der Waals surface area (Å²) in [6.07, 6.45) is 4.10. The van der Waals surface area contributed by atoms with Gasteiger partial charge < -0.3 is 19.1 Å². The molecule has 0 unspecified atom stereocenters. The lowest BCUT2D eigenvalue weighted by molar-refractivity contribution is -0.200. The first-order valence-corrected chi connectivity index (χ1v) is 10.0. The molecule has 30 heavy (non-hydrogen) atoms. The van der Waals surface area contributed by atoms with Crippen LogP contribution in [0.5, 0.6) is 0 Å². The largest absolute Gasteiger partial charge is 0.460 e. The molecule has 2 aromatic carbocycles. The first kappa shape index (κ1) is 20.3. The first-order chi connectivity index (χ1) is 14.6. The van der Waals surface area contributed by atoms with E-state index in [0.717, 1.165) is 11.1 Å². The molecule has 3 atom stereocenters. The molecule has 5 rings (SSSR count). The zero-order chi connectivity index (χ0) is 21.0. The van der Waals surface area contributed by atoms with E-state index >= 15 is 0 Å². The molecular weight excluding hydrogens is 382 g/mol. The van der Waals surface area contributed by atoms with Crippen LogP contribution in [-0.2, 0) is 37.0 Å². The summed E-state index contributed by atoms with van der Waals surface area (Å²) >= 11 is 0. The predicted octanol–water partition coefficient (Wildman–Crippen LogP) is 3.08. The van der Waals surface area contributed by atoms with E-state index in [1.807, 2.05) is 66.7 Å². The van der Waals surface area contributed by atoms with Crippen molar-refractivity contribution < 1.29 is 23.8 Å². The normalized spacial score (nSPS) is 24.8. The summed E-state index contributed by atoms with van der Waals surface area (Å²) in [6, 6.07) is 19.1. The quantitative estimate of drug-likeness (QED) is 0.382. The lowest BCUT2D eigenvalue weighted by atomic mass is 9.72. The molecule has 0 N–H and O–H groups in total. The van der Waals surface area contributed by atoms with Gasteiger partial charge in [0.25, 0.3) is 5.91 Å². The van der Waals surface area contributed by atoms with Crippen LogP contribution in [-0.4, -0.2) is 42.3 Å². The second-order valence-electron chi connectivity index (χ2n) is 7.57. The van der Waals surface area contributed by atoms with Crippen molar-refractivity contribution in [3.8, 4) is 0 Å². The van der Waals surface area contributed by atoms with Crippen LogP contribution in [0, 0.1) is 5.92 Å². The minimum Gasteiger partial charge on any atom is -0.460 e. The number of nitrogens with zero attached hydrogens (tertiary/aromatic N) is 1. The van der Waals surface area contributed by atoms with Gasteiger partial charge >= 0.3 is 5.97 Å². The van der Waals surface area contributed by atoms with Gasteiger partial charge in [-0.2, -0.15) is 0 Å². The molecule has 1 fully saturated rings. The maximum Gasteiger partial charge on any atom is 0.313 e. The Morgan fingerprint density at radius 1 is 1.07 bits per heavy atom. The second-order valence-corrected chi connectivity index (χ2v) is 7.57. The Kier molecular flexibility index (Phi) is 5.97. The summed E-state index contributed by atoms with van der Waals surface area (Å²) in [5.74, 6) is -1.38. The number of rotatable bonds is 8. The molecule has 1 saturated heterocycles. The molecule has 0 radical (unpaired) electrons. The number of fused-ring (bicyclic) bond motifs is 2. The van der Waals surface area contributed by atoms with E-state index in [-0.39, 0.29) is 25.3 Å². The zero-order valence-electron chi connectivity index (χ0n) is 16.9. The molecule has 2 heterocycles. The van der Waals surface area contributed by atoms with E-state index in [2.05, 4.69) is 0 Å². The molecule has 156 valence electrons. The molecule has 6 nitrogen and oxygen atoms in total. The van der Waals surface area contributed by atoms with Gasteiger partial charge in [0.15, 0.2) is 5.60 Å². The Balaban J connectivity index is 1.54. The van der Waals surface area contributed by atoms with Crippen molar-refractivity contribution in [2.24, 2.45) is 5.92 Å². The van der Waals surface area contributed by atoms with Crippen LogP contribution in [0.3, 0.4) is 0 Å². The standard InChI is InChI=1S/C24H25NO5/c1-28-17-30-24-13-12-20(25(23(24)27)15-18-8-4-2-5-9-18)14-21(24)22(26)29-16-19-10-6-3-7-11-19/h2-13,20-21H,14-17H2,1H3/t20-,21+,24-/m1/s1. The van der Waals surface area contributed by atoms with Gasteiger partial charge in [-0.25, -0.2) is 0 Å². The van der Waals surface area contributed by atoms with E-state index in [4.69, 9.17) is 14.2 Å². The molecule has 1 amide bonds. The third-order valence-electron chi connectivity index (χ3n) is 5.68. The number of carbonyl (C=O) groups excluding carboxylic acids is 2. The fraction of sp³-hybridized carbons (Fsp3) is 0.333. The van der Waals surface area contributed by atoms with Gasteiger partial charge in [0.1, 0.15) is 19.3 Å². The fourth-order valence-corrected chi connectivity index (χ4v) is 4.13. The highest BCUT2D eigenvalue weighted by Gasteiger charge is 2.59. The average molecular weight is 407 g/mol. The molecule has 0 saturated carbocycles. The Hall–Kier alpha value is -2.96. The lowest BCUT2D eigenvalue weighted by Gasteiger charge is -2.50. The van der Waals surface area contributed by atoms with Crippen LogP contribution in [0.4, 0.5) is 0 Å². The number of piperidine rings is 1. The topological polar surface area (TPSA) is 65.1 Å². The molecule has 3 aliphatic rings. The molecule has 1 aliphatic carbocycles. The number of hydrogen-bond donors (Lipinski definition) is 0. The fourth-order valence-electron chi connectivity index (χ4n) is 4.13. The number of ether oxygens (including phenoxy) is 3. The van der Waals surface area contributed by atoms with Crippen molar-refractivity contribution in [3.05, 3.63) is 83.9 Å². The third kappa shape index (κ3) is 3.88. The van der Waals surface area contributed by atoms with E-state index in [1.165, 1.54) is 7.11 Å². The van der Waals surface area contributed by atoms with Gasteiger partial charge in [0.2, 0.25) is 0 Å². The molecule has 0 spiro atoms. The minimum absolute atomic E-state index is 0.0949. The van der Waals surface area contributed by atoms with Crippen molar-refractivity contribution in [3.63, 3.8) is 0 Å². The van der Waals surface area contributed by atoms with Crippen LogP contribution in [0.15, 0.2) is 72.8 Å². The summed E-state index contributed by atoms with van der Waals surface area (Å²) in [5, 5.41) is 0. The number of carbonyl (C=O) groups is 2. The number of hydrogen-bond acceptors (Lipinski definition) is 5. The summed E-state index contributed by atoms with van der Waals surface area (Å²) in [7, 11) is 1.49. The van der Waals surface area contributed by atoms with Gasteiger partial charge in [0, 0.05) is 13.7 Å². The highest BCUT2D eigenvalue weighted by Crippen LogP contribution is 2.43. The number of methoxy groups -OCH3 is 1. The summed E-state index contributed by atoms with van der Waals surface area (Å²) < 4.78 is 16.5. The Morgan fingerprint density at radius 3 is 2.40 bits per heavy atom. The van der Waals surface area contributed by atoms with Crippen molar-refractivity contribution in [1.29, 1.82) is 0 Å². The second kappa shape index (κ2) is 8.81. The molecule has 0 aromatic heterocycles. The van der Waals surface area contributed by atoms with Gasteiger partial charge in [-0.15, -0.1) is 0 Å². The van der Waals surface area contributed by atoms with Crippen molar-refractivity contribution in [2.75, 3.05) is 13.9 Å². The lowest BCUT2D eigenvalue weighted by Crippen LogP contribution is -2.66. The van der Waals surface area contributed by atoms with E-state index in [9.17, 15) is 9.59 Å². The maximum absolute atomic E-state index is 13.5. The van der Waals surface area contributed by atoms with Crippen molar-refractivity contribution in [2.45, 2.75) is 31.2 Å². The number of benzene rings is 2. The summed E-state index contributed by atoms with van der Waals surface area (Å²) in [6.45, 7) is 0.522. The minimum atomic E-state index is -1.41. The van der Waals surface area contributed by atoms with Gasteiger partial charge in [-0.1, -0.05) is 66.7 Å². The van der Waals surface area contributed by atoms with Crippen molar-refractivity contribution >= 4 is 11.9 Å². The number of amides is 1. The molecule has 2 aromatic rings. The average Bonchev–Trinajstić information content (AvgIpc) is 2.80. The van der Waals surface area contributed by atoms with Crippen LogP contribution in [0.2, 0.25) is 0 Å². The van der Waals surface area contributed by atoms with Gasteiger partial charge in [-0.05, 0) is 23.6 Å². The Morgan fingerprint density at radius 2 is 1.73 bits per heavy atom. The van der Waals surface area contributed by atoms with E-state index in [0.29, 0.717) is 13.0 Å². The number of esters is 1. The van der Waals surface area contributed by atoms with Crippen LogP contribution in [0.25, 0.3) is 0 Å². The SMILES string of the molecule is COCO[C@]12C=C[C@H](C[C@H]1C(=O)OCc1ccccc1)N(Cc1ccccc1)C2=O. The van der Waals surface area contributed by atoms with Crippen molar-refractivity contribution in [1.82, 2.24) is 4.90 Å². The third-order valence-corrected chi connectivity index (χ3v) is 5.68. The zero-order valence-corrected chi connectivity index (χ0v) is 16.9. The smallest absolute Gasteiger partial charge is 0.313 e. The monoisotopic (exact) mass is 407 g/mol. The molecule has 2 bridgehead atoms. The Labute approximate surface area is 176 Å². The van der Waals surface area contributed by atoms with Gasteiger partial charge in [-0.3, -0.25) is 9.59 Å². The summed E-state index contributed by atoms with van der Waals surface area (Å²) in [5.41, 5.74) is 0.510. The maximum atomic E-state index is 13.5. The van der Waals surface area contributed by atoms with E-state index < -0.39 is 17.5 Å². The van der Waals surface area contributed by atoms with Crippen LogP contribution in [0.1, 0.15) is 17.5 Å². The predicted molar refractivity (Wildman–Crippen MR) is 110 cm³/mol. The van der Waals surface area contributed by atoms with Crippen LogP contribution < -0.4 is 0 Å². The Bertz CT molecular complexity index is 914. The molecule has 2 aliphatic heterocycles.